The van der Waals surface area contributed by atoms with Crippen LogP contribution in [0.3, 0.4) is 0 Å². The number of aliphatic carboxylic acids is 1. The van der Waals surface area contributed by atoms with Gasteiger partial charge in [0, 0.05) is 5.69 Å². The number of imide groups is 1. The number of nitrogens with zero attached hydrogens (tertiary/aromatic N) is 2. The molecule has 1 N–H and O–H groups in total. The van der Waals surface area contributed by atoms with Gasteiger partial charge in [-0.2, -0.15) is 0 Å². The summed E-state index contributed by atoms with van der Waals surface area (Å²) in [4.78, 5) is 36.9. The lowest BCUT2D eigenvalue weighted by Crippen LogP contribution is -2.55. The Morgan fingerprint density at radius 1 is 1.14 bits per heavy atom. The number of benzene rings is 1. The van der Waals surface area contributed by atoms with Gasteiger partial charge in [-0.15, -0.1) is 0 Å². The molecule has 2 rings (SSSR count). The van der Waals surface area contributed by atoms with Crippen LogP contribution in [0, 0.1) is 0 Å². The molecule has 1 aliphatic rings. The van der Waals surface area contributed by atoms with Crippen molar-refractivity contribution in [1.82, 2.24) is 4.90 Å². The van der Waals surface area contributed by atoms with E-state index in [1.165, 1.54) is 5.56 Å². The number of carbonyl (C=O) groups excluding carboxylic acids is 2. The van der Waals surface area contributed by atoms with Crippen molar-refractivity contribution in [2.24, 2.45) is 0 Å². The number of amides is 2. The summed E-state index contributed by atoms with van der Waals surface area (Å²) in [5.74, 6) is -1.75. The molecule has 0 radical (unpaired) electrons. The highest BCUT2D eigenvalue weighted by Gasteiger charge is 2.32. The van der Waals surface area contributed by atoms with Crippen LogP contribution >= 0.6 is 0 Å². The fourth-order valence-corrected chi connectivity index (χ4v) is 2.26. The molecule has 1 heterocycles. The molecule has 6 nitrogen and oxygen atoms in total. The first-order valence-electron chi connectivity index (χ1n) is 6.78. The van der Waals surface area contributed by atoms with E-state index >= 15 is 0 Å². The van der Waals surface area contributed by atoms with Crippen LogP contribution in [0.15, 0.2) is 24.3 Å². The molecule has 1 saturated heterocycles. The Labute approximate surface area is 123 Å². The number of hydrogen-bond acceptors (Lipinski definition) is 4. The number of hydrogen-bond donors (Lipinski definition) is 1. The van der Waals surface area contributed by atoms with Crippen LogP contribution in [0.25, 0.3) is 0 Å². The van der Waals surface area contributed by atoms with E-state index in [0.717, 1.165) is 10.6 Å². The molecular formula is C15H18N2O4. The molecule has 2 amide bonds. The van der Waals surface area contributed by atoms with Gasteiger partial charge in [-0.3, -0.25) is 19.3 Å². The average molecular weight is 290 g/mol. The number of piperazine rings is 1. The number of rotatable bonds is 4. The van der Waals surface area contributed by atoms with E-state index in [0.29, 0.717) is 5.92 Å². The Bertz CT molecular complexity index is 548. The van der Waals surface area contributed by atoms with Gasteiger partial charge in [-0.25, -0.2) is 0 Å². The zero-order chi connectivity index (χ0) is 15.6. The second-order valence-electron chi connectivity index (χ2n) is 5.37. The highest BCUT2D eigenvalue weighted by Crippen LogP contribution is 2.21. The first-order chi connectivity index (χ1) is 9.88. The minimum Gasteiger partial charge on any atom is -0.480 e. The third-order valence-corrected chi connectivity index (χ3v) is 3.47. The van der Waals surface area contributed by atoms with Crippen molar-refractivity contribution in [2.75, 3.05) is 24.5 Å². The lowest BCUT2D eigenvalue weighted by atomic mass is 10.0. The molecule has 6 heteroatoms. The summed E-state index contributed by atoms with van der Waals surface area (Å²) in [6, 6.07) is 7.70. The summed E-state index contributed by atoms with van der Waals surface area (Å²) in [7, 11) is 0. The van der Waals surface area contributed by atoms with Gasteiger partial charge < -0.3 is 10.0 Å². The highest BCUT2D eigenvalue weighted by atomic mass is 16.4. The Morgan fingerprint density at radius 3 is 2.10 bits per heavy atom. The SMILES string of the molecule is CC(C)c1ccc(N2CC(=O)N(CC(=O)O)C(=O)C2)cc1. The lowest BCUT2D eigenvalue weighted by molar-refractivity contribution is -0.153. The van der Waals surface area contributed by atoms with Gasteiger partial charge in [0.1, 0.15) is 6.54 Å². The van der Waals surface area contributed by atoms with E-state index in [9.17, 15) is 14.4 Å². The minimum atomic E-state index is -1.19. The standard InChI is InChI=1S/C15H18N2O4/c1-10(2)11-3-5-12(6-4-11)16-7-13(18)17(9-15(20)21)14(19)8-16/h3-6,10H,7-9H2,1-2H3,(H,20,21). The molecule has 0 aliphatic carbocycles. The fraction of sp³-hybridized carbons (Fsp3) is 0.400. The minimum absolute atomic E-state index is 0.0139. The molecule has 0 atom stereocenters. The predicted molar refractivity (Wildman–Crippen MR) is 77.1 cm³/mol. The van der Waals surface area contributed by atoms with Crippen molar-refractivity contribution in [3.05, 3.63) is 29.8 Å². The Morgan fingerprint density at radius 2 is 1.67 bits per heavy atom. The number of carboxylic acids is 1. The third kappa shape index (κ3) is 3.39. The molecule has 0 spiro atoms. The van der Waals surface area contributed by atoms with Gasteiger partial charge in [0.05, 0.1) is 13.1 Å². The van der Waals surface area contributed by atoms with Crippen molar-refractivity contribution in [2.45, 2.75) is 19.8 Å². The van der Waals surface area contributed by atoms with E-state index in [-0.39, 0.29) is 13.1 Å². The van der Waals surface area contributed by atoms with Gasteiger partial charge in [0.15, 0.2) is 0 Å². The van der Waals surface area contributed by atoms with E-state index in [1.54, 1.807) is 4.90 Å². The Hall–Kier alpha value is -2.37. The van der Waals surface area contributed by atoms with Crippen LogP contribution in [-0.2, 0) is 14.4 Å². The zero-order valence-electron chi connectivity index (χ0n) is 12.1. The second-order valence-corrected chi connectivity index (χ2v) is 5.37. The number of anilines is 1. The maximum atomic E-state index is 11.9. The second kappa shape index (κ2) is 5.95. The highest BCUT2D eigenvalue weighted by molar-refractivity contribution is 6.04. The predicted octanol–water partition coefficient (Wildman–Crippen LogP) is 1.07. The van der Waals surface area contributed by atoms with Crippen molar-refractivity contribution in [3.63, 3.8) is 0 Å². The molecule has 21 heavy (non-hydrogen) atoms. The lowest BCUT2D eigenvalue weighted by Gasteiger charge is -2.33. The van der Waals surface area contributed by atoms with E-state index in [1.807, 2.05) is 24.3 Å². The Balaban J connectivity index is 2.12. The van der Waals surface area contributed by atoms with Crippen LogP contribution in [0.4, 0.5) is 5.69 Å². The molecule has 0 saturated carbocycles. The van der Waals surface area contributed by atoms with Gasteiger partial charge in [0.2, 0.25) is 11.8 Å². The first kappa shape index (κ1) is 15.0. The molecule has 1 fully saturated rings. The molecule has 1 aromatic rings. The molecular weight excluding hydrogens is 272 g/mol. The monoisotopic (exact) mass is 290 g/mol. The number of carboxylic acid groups (broad SMARTS) is 1. The smallest absolute Gasteiger partial charge is 0.323 e. The molecule has 1 aliphatic heterocycles. The fourth-order valence-electron chi connectivity index (χ4n) is 2.26. The number of carbonyl (C=O) groups is 3. The molecule has 0 bridgehead atoms. The maximum Gasteiger partial charge on any atom is 0.323 e. The topological polar surface area (TPSA) is 77.9 Å². The van der Waals surface area contributed by atoms with Gasteiger partial charge in [-0.05, 0) is 23.6 Å². The summed E-state index contributed by atoms with van der Waals surface area (Å²) in [6.45, 7) is 3.64. The van der Waals surface area contributed by atoms with Crippen molar-refractivity contribution < 1.29 is 19.5 Å². The van der Waals surface area contributed by atoms with Crippen molar-refractivity contribution in [3.8, 4) is 0 Å². The molecule has 1 aromatic carbocycles. The van der Waals surface area contributed by atoms with Gasteiger partial charge in [0.25, 0.3) is 0 Å². The van der Waals surface area contributed by atoms with E-state index in [2.05, 4.69) is 13.8 Å². The van der Waals surface area contributed by atoms with Crippen LogP contribution in [-0.4, -0.2) is 47.4 Å². The first-order valence-corrected chi connectivity index (χ1v) is 6.78. The molecule has 112 valence electrons. The van der Waals surface area contributed by atoms with Gasteiger partial charge >= 0.3 is 5.97 Å². The summed E-state index contributed by atoms with van der Waals surface area (Å²) in [5, 5.41) is 8.71. The summed E-state index contributed by atoms with van der Waals surface area (Å²) in [5.41, 5.74) is 1.97. The quantitative estimate of drug-likeness (QED) is 0.839. The summed E-state index contributed by atoms with van der Waals surface area (Å²) >= 11 is 0. The molecule has 0 aromatic heterocycles. The molecule has 0 unspecified atom stereocenters. The largest absolute Gasteiger partial charge is 0.480 e. The van der Waals surface area contributed by atoms with Crippen LogP contribution in [0.5, 0.6) is 0 Å². The van der Waals surface area contributed by atoms with Crippen molar-refractivity contribution >= 4 is 23.5 Å². The third-order valence-electron chi connectivity index (χ3n) is 3.47. The van der Waals surface area contributed by atoms with E-state index < -0.39 is 24.3 Å². The maximum absolute atomic E-state index is 11.9. The average Bonchev–Trinajstić information content (AvgIpc) is 2.42. The zero-order valence-corrected chi connectivity index (χ0v) is 12.1. The summed E-state index contributed by atoms with van der Waals surface area (Å²) < 4.78 is 0. The summed E-state index contributed by atoms with van der Waals surface area (Å²) in [6.07, 6.45) is 0. The normalized spacial score (nSPS) is 15.8. The van der Waals surface area contributed by atoms with Crippen molar-refractivity contribution in [1.29, 1.82) is 0 Å². The van der Waals surface area contributed by atoms with Crippen LogP contribution in [0.1, 0.15) is 25.3 Å². The van der Waals surface area contributed by atoms with Crippen LogP contribution < -0.4 is 4.90 Å². The van der Waals surface area contributed by atoms with E-state index in [4.69, 9.17) is 5.11 Å². The Kier molecular flexibility index (Phi) is 4.26. The van der Waals surface area contributed by atoms with Gasteiger partial charge in [-0.1, -0.05) is 26.0 Å². The van der Waals surface area contributed by atoms with Crippen LogP contribution in [0.2, 0.25) is 0 Å².